The second kappa shape index (κ2) is 2.85. The van der Waals surface area contributed by atoms with Gasteiger partial charge in [0.2, 0.25) is 5.56 Å². The van der Waals surface area contributed by atoms with E-state index in [9.17, 15) is 9.18 Å². The summed E-state index contributed by atoms with van der Waals surface area (Å²) >= 11 is 5.79. The molecule has 2 rings (SSSR count). The summed E-state index contributed by atoms with van der Waals surface area (Å²) in [5, 5.41) is 0.939. The van der Waals surface area contributed by atoms with E-state index in [1.807, 2.05) is 0 Å². The van der Waals surface area contributed by atoms with Crippen molar-refractivity contribution in [1.82, 2.24) is 4.98 Å². The number of aromatic nitrogens is 1. The highest BCUT2D eigenvalue weighted by Gasteiger charge is 2.04. The number of H-pyrrole nitrogens is 1. The highest BCUT2D eigenvalue weighted by molar-refractivity contribution is 6.35. The number of rotatable bonds is 0. The fraction of sp³-hybridized carbons (Fsp3) is 0. The summed E-state index contributed by atoms with van der Waals surface area (Å²) in [5.41, 5.74) is -0.186. The molecule has 0 bridgehead atoms. The third-order valence-corrected chi connectivity index (χ3v) is 2.12. The van der Waals surface area contributed by atoms with Crippen molar-refractivity contribution in [3.63, 3.8) is 0 Å². The zero-order valence-electron chi connectivity index (χ0n) is 6.47. The van der Waals surface area contributed by atoms with Gasteiger partial charge in [0, 0.05) is 11.5 Å². The van der Waals surface area contributed by atoms with Crippen LogP contribution < -0.4 is 5.56 Å². The number of pyridine rings is 1. The van der Waals surface area contributed by atoms with E-state index in [1.165, 1.54) is 24.3 Å². The molecule has 0 radical (unpaired) electrons. The Kier molecular flexibility index (Phi) is 1.81. The van der Waals surface area contributed by atoms with Gasteiger partial charge in [-0.3, -0.25) is 4.79 Å². The molecule has 1 aromatic carbocycles. The molecule has 4 heteroatoms. The van der Waals surface area contributed by atoms with Gasteiger partial charge in [0.05, 0.1) is 10.5 Å². The fourth-order valence-corrected chi connectivity index (χ4v) is 1.40. The average Bonchev–Trinajstić information content (AvgIpc) is 2.12. The molecule has 0 atom stereocenters. The summed E-state index contributed by atoms with van der Waals surface area (Å²) in [4.78, 5) is 13.3. The van der Waals surface area contributed by atoms with Gasteiger partial charge in [0.25, 0.3) is 0 Å². The van der Waals surface area contributed by atoms with Crippen LogP contribution in [0.4, 0.5) is 4.39 Å². The number of nitrogens with one attached hydrogen (secondary N) is 1. The van der Waals surface area contributed by atoms with Crippen LogP contribution in [0.3, 0.4) is 0 Å². The van der Waals surface area contributed by atoms with Crippen molar-refractivity contribution in [3.8, 4) is 0 Å². The summed E-state index contributed by atoms with van der Waals surface area (Å²) in [6.07, 6.45) is 0. The van der Waals surface area contributed by atoms with Crippen molar-refractivity contribution < 1.29 is 4.39 Å². The first-order chi connectivity index (χ1) is 6.18. The maximum absolute atomic E-state index is 13.1. The third-order valence-electron chi connectivity index (χ3n) is 1.79. The van der Waals surface area contributed by atoms with Gasteiger partial charge in [-0.05, 0) is 18.2 Å². The number of hydrogen-bond acceptors (Lipinski definition) is 1. The molecule has 0 unspecified atom stereocenters. The molecule has 1 heterocycles. The fourth-order valence-electron chi connectivity index (χ4n) is 1.18. The topological polar surface area (TPSA) is 32.9 Å². The SMILES string of the molecule is O=c1ccc2c(Cl)ccc(F)c2[nH]1. The highest BCUT2D eigenvalue weighted by atomic mass is 35.5. The lowest BCUT2D eigenvalue weighted by molar-refractivity contribution is 0.636. The monoisotopic (exact) mass is 197 g/mol. The Morgan fingerprint density at radius 2 is 2.00 bits per heavy atom. The van der Waals surface area contributed by atoms with E-state index in [0.717, 1.165) is 0 Å². The zero-order valence-corrected chi connectivity index (χ0v) is 7.23. The van der Waals surface area contributed by atoms with Gasteiger partial charge in [-0.2, -0.15) is 0 Å². The van der Waals surface area contributed by atoms with Crippen LogP contribution in [-0.4, -0.2) is 4.98 Å². The molecule has 13 heavy (non-hydrogen) atoms. The number of halogens is 2. The molecule has 0 aliphatic heterocycles. The molecule has 2 nitrogen and oxygen atoms in total. The Hall–Kier alpha value is -1.35. The van der Waals surface area contributed by atoms with Crippen molar-refractivity contribution >= 4 is 22.5 Å². The summed E-state index contributed by atoms with van der Waals surface area (Å²) in [5.74, 6) is -0.475. The summed E-state index contributed by atoms with van der Waals surface area (Å²) < 4.78 is 13.1. The molecule has 0 saturated heterocycles. The summed E-state index contributed by atoms with van der Waals surface area (Å²) in [7, 11) is 0. The zero-order chi connectivity index (χ0) is 9.42. The first kappa shape index (κ1) is 8.26. The number of fused-ring (bicyclic) bond motifs is 1. The smallest absolute Gasteiger partial charge is 0.248 e. The quantitative estimate of drug-likeness (QED) is 0.691. The van der Waals surface area contributed by atoms with Crippen LogP contribution in [0.25, 0.3) is 10.9 Å². The Morgan fingerprint density at radius 1 is 1.23 bits per heavy atom. The molecular formula is C9H5ClFNO. The lowest BCUT2D eigenvalue weighted by Crippen LogP contribution is -2.03. The van der Waals surface area contributed by atoms with Gasteiger partial charge in [-0.15, -0.1) is 0 Å². The molecular weight excluding hydrogens is 193 g/mol. The van der Waals surface area contributed by atoms with Crippen molar-refractivity contribution in [1.29, 1.82) is 0 Å². The van der Waals surface area contributed by atoms with Crippen molar-refractivity contribution in [2.24, 2.45) is 0 Å². The predicted octanol–water partition coefficient (Wildman–Crippen LogP) is 2.32. The number of benzene rings is 1. The predicted molar refractivity (Wildman–Crippen MR) is 49.5 cm³/mol. The van der Waals surface area contributed by atoms with Gasteiger partial charge < -0.3 is 4.98 Å². The maximum atomic E-state index is 13.1. The van der Waals surface area contributed by atoms with E-state index in [0.29, 0.717) is 10.4 Å². The summed E-state index contributed by atoms with van der Waals surface area (Å²) in [6, 6.07) is 5.49. The van der Waals surface area contributed by atoms with Crippen LogP contribution in [0, 0.1) is 5.82 Å². The van der Waals surface area contributed by atoms with Crippen LogP contribution in [0.5, 0.6) is 0 Å². The number of hydrogen-bond donors (Lipinski definition) is 1. The summed E-state index contributed by atoms with van der Waals surface area (Å²) in [6.45, 7) is 0. The van der Waals surface area contributed by atoms with Gasteiger partial charge in [-0.25, -0.2) is 4.39 Å². The minimum absolute atomic E-state index is 0.153. The van der Waals surface area contributed by atoms with E-state index in [4.69, 9.17) is 11.6 Å². The molecule has 0 spiro atoms. The molecule has 0 amide bonds. The largest absolute Gasteiger partial charge is 0.319 e. The van der Waals surface area contributed by atoms with Crippen molar-refractivity contribution in [2.75, 3.05) is 0 Å². The number of aromatic amines is 1. The molecule has 0 saturated carbocycles. The molecule has 1 aromatic heterocycles. The van der Waals surface area contributed by atoms with E-state index in [1.54, 1.807) is 0 Å². The first-order valence-electron chi connectivity index (χ1n) is 3.65. The minimum Gasteiger partial charge on any atom is -0.319 e. The Bertz CT molecular complexity index is 520. The van der Waals surface area contributed by atoms with E-state index in [-0.39, 0.29) is 11.1 Å². The van der Waals surface area contributed by atoms with Gasteiger partial charge in [0.15, 0.2) is 0 Å². The van der Waals surface area contributed by atoms with E-state index in [2.05, 4.69) is 4.98 Å². The molecule has 66 valence electrons. The second-order valence-electron chi connectivity index (χ2n) is 2.64. The first-order valence-corrected chi connectivity index (χ1v) is 4.03. The molecule has 0 aliphatic carbocycles. The lowest BCUT2D eigenvalue weighted by Gasteiger charge is -1.99. The Balaban J connectivity index is 3.00. The van der Waals surface area contributed by atoms with Crippen LogP contribution >= 0.6 is 11.6 Å². The van der Waals surface area contributed by atoms with Crippen LogP contribution in [0.15, 0.2) is 29.1 Å². The van der Waals surface area contributed by atoms with Crippen LogP contribution in [-0.2, 0) is 0 Å². The molecule has 2 aromatic rings. The highest BCUT2D eigenvalue weighted by Crippen LogP contribution is 2.22. The normalized spacial score (nSPS) is 10.6. The van der Waals surface area contributed by atoms with Gasteiger partial charge in [0.1, 0.15) is 5.82 Å². The van der Waals surface area contributed by atoms with E-state index >= 15 is 0 Å². The third kappa shape index (κ3) is 1.31. The Morgan fingerprint density at radius 3 is 2.77 bits per heavy atom. The van der Waals surface area contributed by atoms with Gasteiger partial charge >= 0.3 is 0 Å². The molecule has 0 fully saturated rings. The minimum atomic E-state index is -0.475. The second-order valence-corrected chi connectivity index (χ2v) is 3.05. The van der Waals surface area contributed by atoms with Crippen LogP contribution in [0.2, 0.25) is 5.02 Å². The van der Waals surface area contributed by atoms with Gasteiger partial charge in [-0.1, -0.05) is 11.6 Å². The van der Waals surface area contributed by atoms with E-state index < -0.39 is 5.82 Å². The maximum Gasteiger partial charge on any atom is 0.248 e. The van der Waals surface area contributed by atoms with Crippen molar-refractivity contribution in [3.05, 3.63) is 45.5 Å². The molecule has 0 aliphatic rings. The van der Waals surface area contributed by atoms with Crippen LogP contribution in [0.1, 0.15) is 0 Å². The Labute approximate surface area is 78.0 Å². The molecule has 1 N–H and O–H groups in total. The van der Waals surface area contributed by atoms with Crippen molar-refractivity contribution in [2.45, 2.75) is 0 Å². The lowest BCUT2D eigenvalue weighted by atomic mass is 10.2. The standard InChI is InChI=1S/C9H5ClFNO/c10-6-2-3-7(11)9-5(6)1-4-8(13)12-9/h1-4H,(H,12,13). The average molecular weight is 198 g/mol.